The first-order chi connectivity index (χ1) is 10.3. The summed E-state index contributed by atoms with van der Waals surface area (Å²) in [5, 5.41) is 0.778. The fourth-order valence-corrected chi connectivity index (χ4v) is 3.48. The number of hydrogen-bond donors (Lipinski definition) is 1. The first-order valence-corrected chi connectivity index (χ1v) is 7.99. The minimum Gasteiger partial charge on any atom is -0.334 e. The zero-order chi connectivity index (χ0) is 14.7. The van der Waals surface area contributed by atoms with Crippen LogP contribution in [0.4, 0.5) is 0 Å². The molecule has 0 bridgehead atoms. The Morgan fingerprint density at radius 3 is 3.05 bits per heavy atom. The molecule has 1 atom stereocenters. The van der Waals surface area contributed by atoms with Crippen molar-refractivity contribution in [2.75, 3.05) is 13.1 Å². The summed E-state index contributed by atoms with van der Waals surface area (Å²) in [6, 6.07) is 5.84. The molecule has 110 valence electrons. The normalized spacial score (nSPS) is 18.7. The number of aromatic nitrogens is 2. The van der Waals surface area contributed by atoms with Gasteiger partial charge >= 0.3 is 0 Å². The van der Waals surface area contributed by atoms with Crippen LogP contribution in [0.15, 0.2) is 30.6 Å². The molecule has 1 unspecified atom stereocenters. The third-order valence-electron chi connectivity index (χ3n) is 3.76. The Morgan fingerprint density at radius 1 is 1.38 bits per heavy atom. The third kappa shape index (κ3) is 2.96. The van der Waals surface area contributed by atoms with Crippen LogP contribution in [0, 0.1) is 0 Å². The Balaban J connectivity index is 1.81. The molecule has 3 rings (SSSR count). The summed E-state index contributed by atoms with van der Waals surface area (Å²) in [4.78, 5) is 23.8. The molecule has 3 heterocycles. The maximum Gasteiger partial charge on any atom is 0.265 e. The van der Waals surface area contributed by atoms with E-state index in [0.717, 1.165) is 36.5 Å². The van der Waals surface area contributed by atoms with Crippen molar-refractivity contribution in [3.63, 3.8) is 0 Å². The number of thiazole rings is 1. The van der Waals surface area contributed by atoms with Gasteiger partial charge in [-0.2, -0.15) is 0 Å². The summed E-state index contributed by atoms with van der Waals surface area (Å²) in [6.07, 6.45) is 6.57. The number of pyridine rings is 1. The van der Waals surface area contributed by atoms with Crippen molar-refractivity contribution in [2.45, 2.75) is 25.3 Å². The lowest BCUT2D eigenvalue weighted by atomic mass is 10.0. The molecule has 5 nitrogen and oxygen atoms in total. The molecule has 0 aliphatic carbocycles. The van der Waals surface area contributed by atoms with Gasteiger partial charge in [0, 0.05) is 25.3 Å². The molecule has 0 aromatic carbocycles. The zero-order valence-electron chi connectivity index (χ0n) is 11.7. The van der Waals surface area contributed by atoms with Gasteiger partial charge in [-0.05, 0) is 31.4 Å². The molecule has 2 N–H and O–H groups in total. The van der Waals surface area contributed by atoms with Crippen LogP contribution in [-0.4, -0.2) is 39.9 Å². The summed E-state index contributed by atoms with van der Waals surface area (Å²) in [5.74, 6) is 0.0461. The van der Waals surface area contributed by atoms with Crippen LogP contribution in [0.25, 0.3) is 10.7 Å². The van der Waals surface area contributed by atoms with E-state index in [4.69, 9.17) is 5.73 Å². The number of nitrogens with zero attached hydrogens (tertiary/aromatic N) is 3. The number of piperidine rings is 1. The van der Waals surface area contributed by atoms with Crippen LogP contribution in [0.3, 0.4) is 0 Å². The fourth-order valence-electron chi connectivity index (χ4n) is 2.64. The van der Waals surface area contributed by atoms with Crippen molar-refractivity contribution >= 4 is 17.2 Å². The van der Waals surface area contributed by atoms with Crippen LogP contribution >= 0.6 is 11.3 Å². The predicted molar refractivity (Wildman–Crippen MR) is 83.1 cm³/mol. The van der Waals surface area contributed by atoms with E-state index in [1.54, 1.807) is 12.4 Å². The van der Waals surface area contributed by atoms with Crippen LogP contribution in [0.2, 0.25) is 0 Å². The Labute approximate surface area is 127 Å². The van der Waals surface area contributed by atoms with Crippen molar-refractivity contribution < 1.29 is 4.79 Å². The van der Waals surface area contributed by atoms with Crippen LogP contribution in [-0.2, 0) is 0 Å². The van der Waals surface area contributed by atoms with E-state index in [1.807, 2.05) is 23.1 Å². The van der Waals surface area contributed by atoms with Crippen LogP contribution in [0.1, 0.15) is 28.9 Å². The zero-order valence-corrected chi connectivity index (χ0v) is 12.6. The molecule has 2 aromatic heterocycles. The number of amides is 1. The molecule has 0 saturated carbocycles. The van der Waals surface area contributed by atoms with Gasteiger partial charge in [-0.1, -0.05) is 6.07 Å². The van der Waals surface area contributed by atoms with Crippen molar-refractivity contribution in [1.29, 1.82) is 0 Å². The van der Waals surface area contributed by atoms with E-state index in [2.05, 4.69) is 9.97 Å². The molecule has 21 heavy (non-hydrogen) atoms. The van der Waals surface area contributed by atoms with Crippen molar-refractivity contribution in [2.24, 2.45) is 5.73 Å². The fraction of sp³-hybridized carbons (Fsp3) is 0.400. The van der Waals surface area contributed by atoms with Crippen molar-refractivity contribution in [3.05, 3.63) is 35.5 Å². The highest BCUT2D eigenvalue weighted by Crippen LogP contribution is 2.26. The van der Waals surface area contributed by atoms with Gasteiger partial charge in [0.25, 0.3) is 5.91 Å². The number of likely N-dealkylation sites (tertiary alicyclic amines) is 1. The quantitative estimate of drug-likeness (QED) is 0.943. The molecular weight excluding hydrogens is 284 g/mol. The van der Waals surface area contributed by atoms with Gasteiger partial charge in [-0.25, -0.2) is 4.98 Å². The Hall–Kier alpha value is -1.79. The molecule has 1 saturated heterocycles. The second kappa shape index (κ2) is 6.32. The van der Waals surface area contributed by atoms with Crippen LogP contribution < -0.4 is 5.73 Å². The standard InChI is InChI=1S/C15H18N4OS/c16-9-11-5-2-4-8-19(11)15(20)13-10-18-14(21-13)12-6-1-3-7-17-12/h1,3,6-7,10-11H,2,4-5,8-9,16H2. The van der Waals surface area contributed by atoms with E-state index in [9.17, 15) is 4.79 Å². The topological polar surface area (TPSA) is 72.1 Å². The Morgan fingerprint density at radius 2 is 2.29 bits per heavy atom. The van der Waals surface area contributed by atoms with Crippen molar-refractivity contribution in [1.82, 2.24) is 14.9 Å². The van der Waals surface area contributed by atoms with E-state index in [0.29, 0.717) is 11.4 Å². The lowest BCUT2D eigenvalue weighted by Gasteiger charge is -2.34. The number of rotatable bonds is 3. The average molecular weight is 302 g/mol. The lowest BCUT2D eigenvalue weighted by molar-refractivity contribution is 0.0628. The summed E-state index contributed by atoms with van der Waals surface area (Å²) in [7, 11) is 0. The van der Waals surface area contributed by atoms with Gasteiger partial charge in [0.1, 0.15) is 9.88 Å². The first kappa shape index (κ1) is 14.2. The van der Waals surface area contributed by atoms with E-state index in [1.165, 1.54) is 11.3 Å². The molecule has 1 fully saturated rings. The maximum atomic E-state index is 12.6. The van der Waals surface area contributed by atoms with Gasteiger partial charge in [-0.3, -0.25) is 9.78 Å². The van der Waals surface area contributed by atoms with Gasteiger partial charge in [-0.15, -0.1) is 11.3 Å². The van der Waals surface area contributed by atoms with E-state index in [-0.39, 0.29) is 11.9 Å². The smallest absolute Gasteiger partial charge is 0.265 e. The summed E-state index contributed by atoms with van der Waals surface area (Å²) < 4.78 is 0. The van der Waals surface area contributed by atoms with Crippen LogP contribution in [0.5, 0.6) is 0 Å². The monoisotopic (exact) mass is 302 g/mol. The summed E-state index contributed by atoms with van der Waals surface area (Å²) in [5.41, 5.74) is 6.59. The third-order valence-corrected chi connectivity index (χ3v) is 4.77. The van der Waals surface area contributed by atoms with Gasteiger partial charge in [0.15, 0.2) is 0 Å². The SMILES string of the molecule is NCC1CCCCN1C(=O)c1cnc(-c2ccccn2)s1. The average Bonchev–Trinajstić information content (AvgIpc) is 3.05. The molecule has 0 spiro atoms. The highest BCUT2D eigenvalue weighted by Gasteiger charge is 2.27. The Kier molecular flexibility index (Phi) is 4.26. The highest BCUT2D eigenvalue weighted by molar-refractivity contribution is 7.16. The molecule has 2 aromatic rings. The van der Waals surface area contributed by atoms with E-state index >= 15 is 0 Å². The molecular formula is C15H18N4OS. The molecule has 1 aliphatic heterocycles. The second-order valence-corrected chi connectivity index (χ2v) is 6.16. The summed E-state index contributed by atoms with van der Waals surface area (Å²) >= 11 is 1.39. The Bertz CT molecular complexity index is 613. The number of carbonyl (C=O) groups is 1. The first-order valence-electron chi connectivity index (χ1n) is 7.18. The van der Waals surface area contributed by atoms with Gasteiger partial charge in [0.05, 0.1) is 11.9 Å². The lowest BCUT2D eigenvalue weighted by Crippen LogP contribution is -2.47. The number of nitrogens with two attached hydrogens (primary N) is 1. The largest absolute Gasteiger partial charge is 0.334 e. The molecule has 0 radical (unpaired) electrons. The predicted octanol–water partition coefficient (Wildman–Crippen LogP) is 2.16. The number of hydrogen-bond acceptors (Lipinski definition) is 5. The highest BCUT2D eigenvalue weighted by atomic mass is 32.1. The molecule has 1 aliphatic rings. The molecule has 6 heteroatoms. The van der Waals surface area contributed by atoms with Gasteiger partial charge < -0.3 is 10.6 Å². The molecule has 1 amide bonds. The van der Waals surface area contributed by atoms with E-state index < -0.39 is 0 Å². The maximum absolute atomic E-state index is 12.6. The minimum atomic E-state index is 0.0461. The second-order valence-electron chi connectivity index (χ2n) is 5.13. The van der Waals surface area contributed by atoms with Gasteiger partial charge in [0.2, 0.25) is 0 Å². The number of carbonyl (C=O) groups excluding carboxylic acids is 1. The summed E-state index contributed by atoms with van der Waals surface area (Å²) in [6.45, 7) is 1.31. The minimum absolute atomic E-state index is 0.0461. The van der Waals surface area contributed by atoms with Crippen molar-refractivity contribution in [3.8, 4) is 10.7 Å².